The third-order valence-corrected chi connectivity index (χ3v) is 5.43. The molecule has 3 unspecified atom stereocenters. The van der Waals surface area contributed by atoms with E-state index in [9.17, 15) is 31.2 Å². The van der Waals surface area contributed by atoms with E-state index < -0.39 is 51.1 Å². The van der Waals surface area contributed by atoms with Crippen LogP contribution >= 0.6 is 0 Å². The van der Waals surface area contributed by atoms with Crippen LogP contribution in [0.5, 0.6) is 0 Å². The average molecular weight is 414 g/mol. The number of ether oxygens (including phenoxy) is 2. The Bertz CT molecular complexity index is 758. The van der Waals surface area contributed by atoms with Crippen LogP contribution < -0.4 is 0 Å². The maximum absolute atomic E-state index is 13.1. The molecule has 27 heavy (non-hydrogen) atoms. The highest BCUT2D eigenvalue weighted by Gasteiger charge is 2.54. The molecule has 2 aliphatic rings. The summed E-state index contributed by atoms with van der Waals surface area (Å²) in [6.45, 7) is 2.74. The third-order valence-electron chi connectivity index (χ3n) is 4.70. The third kappa shape index (κ3) is 5.44. The van der Waals surface area contributed by atoms with Gasteiger partial charge in [0.25, 0.3) is 10.1 Å². The highest BCUT2D eigenvalue weighted by atomic mass is 32.2. The molecule has 0 heterocycles. The number of hydrogen-bond acceptors (Lipinski definition) is 6. The normalized spacial score (nSPS) is 29.5. The maximum Gasteiger partial charge on any atom is 0.426 e. The van der Waals surface area contributed by atoms with E-state index >= 15 is 0 Å². The van der Waals surface area contributed by atoms with Gasteiger partial charge in [0, 0.05) is 13.3 Å². The monoisotopic (exact) mass is 414 g/mol. The SMILES string of the molecule is CC(=O)OC1(C)C=C2CCCC(C(=O)OC(CS(=O)(=O)O)C(F)(F)F)(C2)C1. The van der Waals surface area contributed by atoms with Crippen LogP contribution in [-0.2, 0) is 29.2 Å². The van der Waals surface area contributed by atoms with E-state index in [0.29, 0.717) is 12.8 Å². The predicted octanol–water partition coefficient (Wildman–Crippen LogP) is 2.56. The van der Waals surface area contributed by atoms with Gasteiger partial charge in [0.1, 0.15) is 11.4 Å². The van der Waals surface area contributed by atoms with Gasteiger partial charge in [-0.1, -0.05) is 5.57 Å². The molecule has 2 bridgehead atoms. The van der Waals surface area contributed by atoms with Crippen LogP contribution in [-0.4, -0.2) is 48.5 Å². The molecule has 0 spiro atoms. The largest absolute Gasteiger partial charge is 0.455 e. The first-order valence-corrected chi connectivity index (χ1v) is 9.88. The molecule has 11 heteroatoms. The van der Waals surface area contributed by atoms with Crippen LogP contribution in [0.4, 0.5) is 13.2 Å². The lowest BCUT2D eigenvalue weighted by atomic mass is 9.62. The van der Waals surface area contributed by atoms with Gasteiger partial charge in [0.05, 0.1) is 5.41 Å². The smallest absolute Gasteiger partial charge is 0.426 e. The Labute approximate surface area is 154 Å². The Kier molecular flexibility index (Phi) is 5.69. The van der Waals surface area contributed by atoms with Gasteiger partial charge in [-0.3, -0.25) is 14.1 Å². The van der Waals surface area contributed by atoms with Gasteiger partial charge < -0.3 is 9.47 Å². The van der Waals surface area contributed by atoms with Gasteiger partial charge in [0.2, 0.25) is 6.10 Å². The number of esters is 2. The van der Waals surface area contributed by atoms with Crippen LogP contribution in [0.1, 0.15) is 46.0 Å². The molecule has 0 aromatic carbocycles. The van der Waals surface area contributed by atoms with Crippen molar-refractivity contribution in [1.82, 2.24) is 0 Å². The first-order chi connectivity index (χ1) is 12.1. The molecular weight excluding hydrogens is 393 g/mol. The molecule has 2 aliphatic carbocycles. The summed E-state index contributed by atoms with van der Waals surface area (Å²) in [5.74, 6) is -3.59. The lowest BCUT2D eigenvalue weighted by Gasteiger charge is -2.46. The van der Waals surface area contributed by atoms with Crippen molar-refractivity contribution in [2.45, 2.75) is 63.8 Å². The predicted molar refractivity (Wildman–Crippen MR) is 86.1 cm³/mol. The molecule has 0 amide bonds. The van der Waals surface area contributed by atoms with E-state index in [1.165, 1.54) is 6.92 Å². The number of rotatable bonds is 5. The second-order valence-corrected chi connectivity index (χ2v) is 8.88. The first-order valence-electron chi connectivity index (χ1n) is 8.27. The molecule has 1 saturated carbocycles. The minimum atomic E-state index is -5.16. The topological polar surface area (TPSA) is 107 Å². The molecule has 0 radical (unpaired) electrons. The Morgan fingerprint density at radius 2 is 2.00 bits per heavy atom. The first kappa shape index (κ1) is 21.7. The van der Waals surface area contributed by atoms with Gasteiger partial charge in [-0.05, 0) is 38.7 Å². The average Bonchev–Trinajstić information content (AvgIpc) is 2.41. The van der Waals surface area contributed by atoms with Gasteiger partial charge in [0.15, 0.2) is 0 Å². The van der Waals surface area contributed by atoms with Crippen molar-refractivity contribution in [2.24, 2.45) is 5.41 Å². The van der Waals surface area contributed by atoms with Crippen LogP contribution in [0.3, 0.4) is 0 Å². The summed E-state index contributed by atoms with van der Waals surface area (Å²) >= 11 is 0. The van der Waals surface area contributed by atoms with Crippen LogP contribution in [0.2, 0.25) is 0 Å². The Balaban J connectivity index is 2.30. The summed E-state index contributed by atoms with van der Waals surface area (Å²) in [7, 11) is -5.02. The standard InChI is InChI=1S/C16H21F3O7S/c1-10(20)26-14(2)6-11-4-3-5-15(7-11,9-14)13(21)25-12(16(17,18)19)8-27(22,23)24/h6,12H,3-5,7-9H2,1-2H3,(H,22,23,24). The summed E-state index contributed by atoms with van der Waals surface area (Å²) in [4.78, 5) is 24.0. The number of alkyl halides is 3. The number of carbonyl (C=O) groups is 2. The second kappa shape index (κ2) is 7.08. The number of allylic oxidation sites excluding steroid dienone is 1. The van der Waals surface area contributed by atoms with E-state index in [2.05, 4.69) is 4.74 Å². The molecular formula is C16H21F3O7S. The Hall–Kier alpha value is -1.62. The minimum absolute atomic E-state index is 0.0711. The zero-order chi connectivity index (χ0) is 20.7. The van der Waals surface area contributed by atoms with Crippen LogP contribution in [0.15, 0.2) is 11.6 Å². The fourth-order valence-electron chi connectivity index (χ4n) is 3.98. The minimum Gasteiger partial charge on any atom is -0.455 e. The van der Waals surface area contributed by atoms with Crippen molar-refractivity contribution in [3.8, 4) is 0 Å². The van der Waals surface area contributed by atoms with E-state index in [0.717, 1.165) is 5.57 Å². The zero-order valence-electron chi connectivity index (χ0n) is 14.8. The fourth-order valence-corrected chi connectivity index (χ4v) is 4.61. The molecule has 0 aromatic heterocycles. The highest BCUT2D eigenvalue weighted by Crippen LogP contribution is 2.51. The second-order valence-electron chi connectivity index (χ2n) is 7.38. The lowest BCUT2D eigenvalue weighted by Crippen LogP contribution is -2.50. The quantitative estimate of drug-likeness (QED) is 0.419. The molecule has 7 nitrogen and oxygen atoms in total. The molecule has 0 saturated heterocycles. The van der Waals surface area contributed by atoms with Crippen molar-refractivity contribution in [2.75, 3.05) is 5.75 Å². The highest BCUT2D eigenvalue weighted by molar-refractivity contribution is 7.85. The van der Waals surface area contributed by atoms with Crippen molar-refractivity contribution >= 4 is 22.1 Å². The van der Waals surface area contributed by atoms with E-state index in [1.54, 1.807) is 13.0 Å². The number of carbonyl (C=O) groups excluding carboxylic acids is 2. The molecule has 154 valence electrons. The van der Waals surface area contributed by atoms with Gasteiger partial charge in [-0.15, -0.1) is 0 Å². The molecule has 1 N–H and O–H groups in total. The molecule has 1 fully saturated rings. The summed E-state index contributed by atoms with van der Waals surface area (Å²) in [6, 6.07) is 0. The van der Waals surface area contributed by atoms with E-state index in [-0.39, 0.29) is 19.3 Å². The molecule has 0 aromatic rings. The van der Waals surface area contributed by atoms with E-state index in [1.807, 2.05) is 0 Å². The zero-order valence-corrected chi connectivity index (χ0v) is 15.7. The lowest BCUT2D eigenvalue weighted by molar-refractivity contribution is -0.223. The van der Waals surface area contributed by atoms with Crippen LogP contribution in [0.25, 0.3) is 0 Å². The molecule has 3 atom stereocenters. The summed E-state index contributed by atoms with van der Waals surface area (Å²) in [5.41, 5.74) is -1.75. The summed E-state index contributed by atoms with van der Waals surface area (Å²) in [6.07, 6.45) is -4.99. The van der Waals surface area contributed by atoms with Crippen molar-refractivity contribution in [3.05, 3.63) is 11.6 Å². The van der Waals surface area contributed by atoms with Crippen molar-refractivity contribution in [3.63, 3.8) is 0 Å². The fraction of sp³-hybridized carbons (Fsp3) is 0.750. The number of halogens is 3. The molecule has 2 rings (SSSR count). The van der Waals surface area contributed by atoms with Crippen molar-refractivity contribution < 1.29 is 45.2 Å². The van der Waals surface area contributed by atoms with Gasteiger partial charge in [-0.2, -0.15) is 21.6 Å². The Morgan fingerprint density at radius 1 is 1.37 bits per heavy atom. The number of hydrogen-bond donors (Lipinski definition) is 1. The number of fused-ring (bicyclic) bond motifs is 2. The van der Waals surface area contributed by atoms with Gasteiger partial charge >= 0.3 is 18.1 Å². The van der Waals surface area contributed by atoms with Crippen molar-refractivity contribution in [1.29, 1.82) is 0 Å². The Morgan fingerprint density at radius 3 is 2.52 bits per heavy atom. The molecule has 0 aliphatic heterocycles. The maximum atomic E-state index is 13.1. The van der Waals surface area contributed by atoms with Gasteiger partial charge in [-0.25, -0.2) is 0 Å². The summed E-state index contributed by atoms with van der Waals surface area (Å²) in [5, 5.41) is 0. The van der Waals surface area contributed by atoms with E-state index in [4.69, 9.17) is 9.29 Å². The summed E-state index contributed by atoms with van der Waals surface area (Å²) < 4.78 is 79.6. The van der Waals surface area contributed by atoms with Crippen LogP contribution in [0, 0.1) is 5.41 Å².